The van der Waals surface area contributed by atoms with Crippen LogP contribution in [-0.4, -0.2) is 6.92 Å². The van der Waals surface area contributed by atoms with Gasteiger partial charge in [0.25, 0.3) is 0 Å². The summed E-state index contributed by atoms with van der Waals surface area (Å²) >= 11 is 0. The second-order valence-electron chi connectivity index (χ2n) is 2.78. The molecule has 0 spiro atoms. The van der Waals surface area contributed by atoms with Crippen molar-refractivity contribution in [3.05, 3.63) is 11.8 Å². The largest absolute Gasteiger partial charge is 0.564 e. The van der Waals surface area contributed by atoms with Crippen LogP contribution in [0, 0.1) is 0 Å². The summed E-state index contributed by atoms with van der Waals surface area (Å²) in [5, 5.41) is 0. The van der Waals surface area contributed by atoms with E-state index in [1.807, 2.05) is 6.92 Å². The molecule has 0 aliphatic carbocycles. The van der Waals surface area contributed by atoms with Crippen LogP contribution < -0.4 is 0 Å². The van der Waals surface area contributed by atoms with E-state index in [-0.39, 0.29) is 0 Å². The van der Waals surface area contributed by atoms with E-state index in [9.17, 15) is 0 Å². The van der Waals surface area contributed by atoms with Crippen LogP contribution in [0.25, 0.3) is 0 Å². The van der Waals surface area contributed by atoms with Gasteiger partial charge >= 0.3 is 6.92 Å². The highest BCUT2D eigenvalue weighted by atomic mass is 16.4. The molecule has 1 nitrogen and oxygen atoms in total. The van der Waals surface area contributed by atoms with Crippen molar-refractivity contribution in [2.45, 2.75) is 46.8 Å². The Morgan fingerprint density at radius 3 is 2.18 bits per heavy atom. The average Bonchev–Trinajstić information content (AvgIpc) is 2.01. The molecule has 0 unspecified atom stereocenters. The Morgan fingerprint density at radius 2 is 1.82 bits per heavy atom. The highest BCUT2D eigenvalue weighted by Gasteiger charge is 2.10. The maximum absolute atomic E-state index is 5.65. The Kier molecular flexibility index (Phi) is 6.10. The van der Waals surface area contributed by atoms with Crippen LogP contribution in [0.15, 0.2) is 11.8 Å². The van der Waals surface area contributed by atoms with Crippen molar-refractivity contribution < 1.29 is 4.65 Å². The van der Waals surface area contributed by atoms with Gasteiger partial charge in [-0.05, 0) is 32.1 Å². The Morgan fingerprint density at radius 1 is 1.27 bits per heavy atom. The van der Waals surface area contributed by atoms with Crippen LogP contribution in [0.3, 0.4) is 0 Å². The minimum absolute atomic E-state index is 0.415. The molecule has 0 fully saturated rings. The van der Waals surface area contributed by atoms with Crippen LogP contribution in [0.5, 0.6) is 0 Å². The first-order valence-electron chi connectivity index (χ1n) is 4.57. The molecule has 2 heteroatoms. The SMILES string of the molecule is CC/C=C(\C)OB(CC)CC. The molecule has 0 aromatic heterocycles. The summed E-state index contributed by atoms with van der Waals surface area (Å²) in [5.74, 6) is 1.07. The van der Waals surface area contributed by atoms with Crippen molar-refractivity contribution in [2.24, 2.45) is 0 Å². The van der Waals surface area contributed by atoms with Gasteiger partial charge in [-0.25, -0.2) is 0 Å². The van der Waals surface area contributed by atoms with Crippen molar-refractivity contribution in [2.75, 3.05) is 0 Å². The summed E-state index contributed by atoms with van der Waals surface area (Å²) in [6, 6.07) is 0. The molecule has 0 aromatic carbocycles. The molecular weight excluding hydrogens is 135 g/mol. The van der Waals surface area contributed by atoms with E-state index in [1.54, 1.807) is 0 Å². The van der Waals surface area contributed by atoms with Gasteiger partial charge in [-0.2, -0.15) is 0 Å². The lowest BCUT2D eigenvalue weighted by molar-refractivity contribution is 0.431. The number of rotatable bonds is 5. The fourth-order valence-corrected chi connectivity index (χ4v) is 1.05. The summed E-state index contributed by atoms with van der Waals surface area (Å²) in [6.07, 6.45) is 5.39. The third-order valence-corrected chi connectivity index (χ3v) is 1.75. The van der Waals surface area contributed by atoms with Gasteiger partial charge in [0.05, 0.1) is 5.76 Å². The molecule has 0 radical (unpaired) electrons. The molecule has 0 saturated carbocycles. The minimum Gasteiger partial charge on any atom is -0.564 e. The van der Waals surface area contributed by atoms with Crippen LogP contribution >= 0.6 is 0 Å². The van der Waals surface area contributed by atoms with Gasteiger partial charge in [0.1, 0.15) is 0 Å². The maximum Gasteiger partial charge on any atom is 0.356 e. The summed E-state index contributed by atoms with van der Waals surface area (Å²) in [5.41, 5.74) is 0. The molecule has 0 atom stereocenters. The lowest BCUT2D eigenvalue weighted by Crippen LogP contribution is -2.13. The lowest BCUT2D eigenvalue weighted by atomic mass is 9.62. The van der Waals surface area contributed by atoms with E-state index >= 15 is 0 Å². The summed E-state index contributed by atoms with van der Waals surface area (Å²) in [4.78, 5) is 0. The molecule has 0 aliphatic rings. The van der Waals surface area contributed by atoms with E-state index in [0.717, 1.165) is 24.8 Å². The third-order valence-electron chi connectivity index (χ3n) is 1.75. The minimum atomic E-state index is 0.415. The molecular formula is C9H19BO. The van der Waals surface area contributed by atoms with Crippen LogP contribution in [0.2, 0.25) is 12.6 Å². The molecule has 11 heavy (non-hydrogen) atoms. The summed E-state index contributed by atoms with van der Waals surface area (Å²) in [7, 11) is 0. The molecule has 0 rings (SSSR count). The van der Waals surface area contributed by atoms with E-state index in [2.05, 4.69) is 26.8 Å². The van der Waals surface area contributed by atoms with Gasteiger partial charge in [0, 0.05) is 0 Å². The normalized spacial score (nSPS) is 11.5. The predicted octanol–water partition coefficient (Wildman–Crippen LogP) is 3.35. The number of hydrogen-bond donors (Lipinski definition) is 0. The summed E-state index contributed by atoms with van der Waals surface area (Å²) in [6.45, 7) is 8.89. The third kappa shape index (κ3) is 4.94. The van der Waals surface area contributed by atoms with Crippen LogP contribution in [0.4, 0.5) is 0 Å². The molecule has 0 aliphatic heterocycles. The standard InChI is InChI=1S/C9H19BO/c1-5-8-9(4)11-10(6-2)7-3/h8H,5-7H2,1-4H3/b9-8+. The van der Waals surface area contributed by atoms with Gasteiger partial charge in [-0.1, -0.05) is 20.8 Å². The zero-order chi connectivity index (χ0) is 8.69. The van der Waals surface area contributed by atoms with Crippen molar-refractivity contribution in [1.29, 1.82) is 0 Å². The van der Waals surface area contributed by atoms with Gasteiger partial charge in [0.2, 0.25) is 0 Å². The Balaban J connectivity index is 3.71. The molecule has 0 heterocycles. The second-order valence-corrected chi connectivity index (χ2v) is 2.78. The van der Waals surface area contributed by atoms with E-state index in [4.69, 9.17) is 4.65 Å². The van der Waals surface area contributed by atoms with E-state index in [0.29, 0.717) is 6.92 Å². The highest BCUT2D eigenvalue weighted by Crippen LogP contribution is 2.06. The van der Waals surface area contributed by atoms with Crippen molar-refractivity contribution in [1.82, 2.24) is 0 Å². The van der Waals surface area contributed by atoms with Gasteiger partial charge in [0.15, 0.2) is 0 Å². The number of allylic oxidation sites excluding steroid dienone is 2. The quantitative estimate of drug-likeness (QED) is 0.435. The maximum atomic E-state index is 5.65. The highest BCUT2D eigenvalue weighted by molar-refractivity contribution is 6.51. The monoisotopic (exact) mass is 154 g/mol. The second kappa shape index (κ2) is 6.32. The molecule has 0 aromatic rings. The fourth-order valence-electron chi connectivity index (χ4n) is 1.05. The lowest BCUT2D eigenvalue weighted by Gasteiger charge is -2.12. The molecule has 0 saturated heterocycles. The first-order chi connectivity index (χ1) is 5.24. The van der Waals surface area contributed by atoms with Crippen molar-refractivity contribution >= 4 is 6.92 Å². The first-order valence-corrected chi connectivity index (χ1v) is 4.57. The average molecular weight is 154 g/mol. The van der Waals surface area contributed by atoms with Crippen LogP contribution in [0.1, 0.15) is 34.1 Å². The zero-order valence-corrected chi connectivity index (χ0v) is 8.18. The zero-order valence-electron chi connectivity index (χ0n) is 8.18. The van der Waals surface area contributed by atoms with Gasteiger partial charge in [-0.15, -0.1) is 0 Å². The molecule has 0 N–H and O–H groups in total. The van der Waals surface area contributed by atoms with Gasteiger partial charge in [-0.3, -0.25) is 0 Å². The Bertz CT molecular complexity index is 117. The smallest absolute Gasteiger partial charge is 0.356 e. The molecule has 0 bridgehead atoms. The molecule has 64 valence electrons. The predicted molar refractivity (Wildman–Crippen MR) is 51.8 cm³/mol. The van der Waals surface area contributed by atoms with E-state index in [1.165, 1.54) is 0 Å². The first kappa shape index (κ1) is 10.6. The van der Waals surface area contributed by atoms with E-state index < -0.39 is 0 Å². The fraction of sp³-hybridized carbons (Fsp3) is 0.778. The van der Waals surface area contributed by atoms with Gasteiger partial charge < -0.3 is 4.65 Å². The number of hydrogen-bond acceptors (Lipinski definition) is 1. The topological polar surface area (TPSA) is 9.23 Å². The molecule has 0 amide bonds. The summed E-state index contributed by atoms with van der Waals surface area (Å²) < 4.78 is 5.65. The van der Waals surface area contributed by atoms with Crippen molar-refractivity contribution in [3.63, 3.8) is 0 Å². The van der Waals surface area contributed by atoms with Crippen molar-refractivity contribution in [3.8, 4) is 0 Å². The van der Waals surface area contributed by atoms with Crippen LogP contribution in [-0.2, 0) is 4.65 Å². The Hall–Kier alpha value is -0.395. The Labute approximate surface area is 70.9 Å².